The standard InChI is InChI=1S/C7H12N2O/c1-3-4-5-9-7(10)6-8-2/h1,8H,4-6H2,2H3,(H,9,10). The lowest BCUT2D eigenvalue weighted by Crippen LogP contribution is -2.32. The number of carbonyl (C=O) groups excluding carboxylic acids is 1. The molecule has 0 rings (SSSR count). The lowest BCUT2D eigenvalue weighted by atomic mass is 10.4. The number of likely N-dealkylation sites (N-methyl/N-ethyl adjacent to an activating group) is 1. The van der Waals surface area contributed by atoms with Gasteiger partial charge in [-0.25, -0.2) is 0 Å². The van der Waals surface area contributed by atoms with E-state index in [1.165, 1.54) is 0 Å². The Kier molecular flexibility index (Phi) is 5.50. The SMILES string of the molecule is C#CCCNC(=O)CNC. The summed E-state index contributed by atoms with van der Waals surface area (Å²) in [4.78, 5) is 10.7. The van der Waals surface area contributed by atoms with Gasteiger partial charge in [0.05, 0.1) is 6.54 Å². The molecule has 0 heterocycles. The molecule has 10 heavy (non-hydrogen) atoms. The summed E-state index contributed by atoms with van der Waals surface area (Å²) in [5.41, 5.74) is 0. The fraction of sp³-hybridized carbons (Fsp3) is 0.571. The van der Waals surface area contributed by atoms with E-state index in [0.29, 0.717) is 19.5 Å². The first-order chi connectivity index (χ1) is 4.81. The van der Waals surface area contributed by atoms with Gasteiger partial charge in [0.25, 0.3) is 0 Å². The molecule has 3 nitrogen and oxygen atoms in total. The second kappa shape index (κ2) is 6.12. The summed E-state index contributed by atoms with van der Waals surface area (Å²) in [6.07, 6.45) is 5.56. The Morgan fingerprint density at radius 1 is 1.70 bits per heavy atom. The highest BCUT2D eigenvalue weighted by Gasteiger charge is 1.94. The highest BCUT2D eigenvalue weighted by Crippen LogP contribution is 1.69. The number of rotatable bonds is 4. The van der Waals surface area contributed by atoms with Gasteiger partial charge in [-0.3, -0.25) is 4.79 Å². The molecule has 56 valence electrons. The number of hydrogen-bond donors (Lipinski definition) is 2. The van der Waals surface area contributed by atoms with Gasteiger partial charge in [0.15, 0.2) is 0 Å². The van der Waals surface area contributed by atoms with E-state index in [4.69, 9.17) is 6.42 Å². The van der Waals surface area contributed by atoms with Gasteiger partial charge in [0.1, 0.15) is 0 Å². The number of amides is 1. The van der Waals surface area contributed by atoms with Gasteiger partial charge in [-0.1, -0.05) is 0 Å². The van der Waals surface area contributed by atoms with Crippen molar-refractivity contribution in [3.8, 4) is 12.3 Å². The highest BCUT2D eigenvalue weighted by atomic mass is 16.1. The fourth-order valence-corrected chi connectivity index (χ4v) is 0.497. The largest absolute Gasteiger partial charge is 0.354 e. The van der Waals surface area contributed by atoms with Gasteiger partial charge < -0.3 is 10.6 Å². The minimum Gasteiger partial charge on any atom is -0.354 e. The Morgan fingerprint density at radius 2 is 2.40 bits per heavy atom. The Hall–Kier alpha value is -1.01. The molecule has 0 saturated carbocycles. The van der Waals surface area contributed by atoms with Crippen LogP contribution in [-0.4, -0.2) is 26.0 Å². The van der Waals surface area contributed by atoms with Crippen LogP contribution in [0.3, 0.4) is 0 Å². The molecule has 0 radical (unpaired) electrons. The van der Waals surface area contributed by atoms with Crippen molar-refractivity contribution in [2.45, 2.75) is 6.42 Å². The maximum atomic E-state index is 10.7. The summed E-state index contributed by atoms with van der Waals surface area (Å²) in [6, 6.07) is 0. The second-order valence-corrected chi connectivity index (χ2v) is 1.83. The minimum absolute atomic E-state index is 0.0160. The summed E-state index contributed by atoms with van der Waals surface area (Å²) in [5, 5.41) is 5.37. The molecule has 0 spiro atoms. The Morgan fingerprint density at radius 3 is 2.90 bits per heavy atom. The molecule has 0 aromatic heterocycles. The number of hydrogen-bond acceptors (Lipinski definition) is 2. The smallest absolute Gasteiger partial charge is 0.233 e. The van der Waals surface area contributed by atoms with Gasteiger partial charge >= 0.3 is 0 Å². The Balaban J connectivity index is 3.15. The third-order valence-electron chi connectivity index (χ3n) is 0.929. The van der Waals surface area contributed by atoms with E-state index < -0.39 is 0 Å². The van der Waals surface area contributed by atoms with E-state index in [1.54, 1.807) is 7.05 Å². The maximum absolute atomic E-state index is 10.7. The van der Waals surface area contributed by atoms with Crippen molar-refractivity contribution in [3.05, 3.63) is 0 Å². The monoisotopic (exact) mass is 140 g/mol. The van der Waals surface area contributed by atoms with Crippen LogP contribution in [-0.2, 0) is 4.79 Å². The van der Waals surface area contributed by atoms with Gasteiger partial charge in [-0.15, -0.1) is 12.3 Å². The van der Waals surface area contributed by atoms with Gasteiger partial charge in [-0.2, -0.15) is 0 Å². The highest BCUT2D eigenvalue weighted by molar-refractivity contribution is 5.77. The second-order valence-electron chi connectivity index (χ2n) is 1.83. The Bertz CT molecular complexity index is 137. The van der Waals surface area contributed by atoms with Crippen molar-refractivity contribution in [1.29, 1.82) is 0 Å². The van der Waals surface area contributed by atoms with Crippen molar-refractivity contribution in [3.63, 3.8) is 0 Å². The molecule has 0 aromatic carbocycles. The quantitative estimate of drug-likeness (QED) is 0.402. The summed E-state index contributed by atoms with van der Waals surface area (Å²) in [5.74, 6) is 2.41. The molecule has 0 aliphatic carbocycles. The zero-order valence-electron chi connectivity index (χ0n) is 6.11. The lowest BCUT2D eigenvalue weighted by molar-refractivity contribution is -0.120. The average Bonchev–Trinajstić information content (AvgIpc) is 1.89. The van der Waals surface area contributed by atoms with Crippen LogP contribution in [0.5, 0.6) is 0 Å². The van der Waals surface area contributed by atoms with Crippen molar-refractivity contribution < 1.29 is 4.79 Å². The van der Waals surface area contributed by atoms with Gasteiger partial charge in [-0.05, 0) is 7.05 Å². The van der Waals surface area contributed by atoms with Crippen LogP contribution in [0.15, 0.2) is 0 Å². The van der Waals surface area contributed by atoms with E-state index >= 15 is 0 Å². The van der Waals surface area contributed by atoms with E-state index in [1.807, 2.05) is 0 Å². The van der Waals surface area contributed by atoms with Crippen LogP contribution >= 0.6 is 0 Å². The molecule has 0 unspecified atom stereocenters. The number of nitrogens with one attached hydrogen (secondary N) is 2. The molecule has 0 bridgehead atoms. The summed E-state index contributed by atoms with van der Waals surface area (Å²) in [7, 11) is 1.72. The molecule has 2 N–H and O–H groups in total. The first-order valence-corrected chi connectivity index (χ1v) is 3.16. The predicted molar refractivity (Wildman–Crippen MR) is 40.4 cm³/mol. The number of terminal acetylenes is 1. The predicted octanol–water partition coefficient (Wildman–Crippen LogP) is -0.655. The van der Waals surface area contributed by atoms with Crippen LogP contribution in [0.2, 0.25) is 0 Å². The summed E-state index contributed by atoms with van der Waals surface area (Å²) < 4.78 is 0. The fourth-order valence-electron chi connectivity index (χ4n) is 0.497. The van der Waals surface area contributed by atoms with Crippen molar-refractivity contribution in [2.24, 2.45) is 0 Å². The van der Waals surface area contributed by atoms with E-state index in [2.05, 4.69) is 16.6 Å². The lowest BCUT2D eigenvalue weighted by Gasteiger charge is -2.00. The molecule has 0 atom stereocenters. The molecule has 0 aliphatic rings. The van der Waals surface area contributed by atoms with Crippen LogP contribution in [0, 0.1) is 12.3 Å². The van der Waals surface area contributed by atoms with Crippen molar-refractivity contribution in [1.82, 2.24) is 10.6 Å². The Labute approximate surface area is 61.2 Å². The average molecular weight is 140 g/mol. The molecular weight excluding hydrogens is 128 g/mol. The van der Waals surface area contributed by atoms with Crippen LogP contribution < -0.4 is 10.6 Å². The third-order valence-corrected chi connectivity index (χ3v) is 0.929. The van der Waals surface area contributed by atoms with E-state index in [-0.39, 0.29) is 5.91 Å². The molecular formula is C7H12N2O. The molecule has 0 aromatic rings. The van der Waals surface area contributed by atoms with E-state index in [0.717, 1.165) is 0 Å². The summed E-state index contributed by atoms with van der Waals surface area (Å²) in [6.45, 7) is 0.918. The molecule has 0 aliphatic heterocycles. The van der Waals surface area contributed by atoms with Crippen molar-refractivity contribution >= 4 is 5.91 Å². The van der Waals surface area contributed by atoms with Crippen LogP contribution in [0.1, 0.15) is 6.42 Å². The maximum Gasteiger partial charge on any atom is 0.233 e. The topological polar surface area (TPSA) is 41.1 Å². The molecule has 1 amide bonds. The zero-order chi connectivity index (χ0) is 7.82. The van der Waals surface area contributed by atoms with Crippen LogP contribution in [0.4, 0.5) is 0 Å². The number of carbonyl (C=O) groups is 1. The molecule has 0 fully saturated rings. The van der Waals surface area contributed by atoms with Gasteiger partial charge in [0.2, 0.25) is 5.91 Å². The molecule has 0 saturated heterocycles. The zero-order valence-corrected chi connectivity index (χ0v) is 6.11. The van der Waals surface area contributed by atoms with E-state index in [9.17, 15) is 4.79 Å². The summed E-state index contributed by atoms with van der Waals surface area (Å²) >= 11 is 0. The molecule has 3 heteroatoms. The normalized spacial score (nSPS) is 8.40. The van der Waals surface area contributed by atoms with Crippen LogP contribution in [0.25, 0.3) is 0 Å². The minimum atomic E-state index is -0.0160. The van der Waals surface area contributed by atoms with Gasteiger partial charge in [0, 0.05) is 13.0 Å². The first kappa shape index (κ1) is 8.99. The third kappa shape index (κ3) is 5.13. The van der Waals surface area contributed by atoms with Crippen molar-refractivity contribution in [2.75, 3.05) is 20.1 Å². The first-order valence-electron chi connectivity index (χ1n) is 3.16.